The molecule has 1 saturated heterocycles. The fourth-order valence-corrected chi connectivity index (χ4v) is 1.97. The van der Waals surface area contributed by atoms with E-state index in [1.807, 2.05) is 0 Å². The maximum Gasteiger partial charge on any atom is 0.306 e. The molecule has 0 aromatic carbocycles. The summed E-state index contributed by atoms with van der Waals surface area (Å²) in [5, 5.41) is 0. The lowest BCUT2D eigenvalue weighted by Crippen LogP contribution is -2.30. The molecule has 1 rings (SSSR count). The van der Waals surface area contributed by atoms with Gasteiger partial charge in [0.2, 0.25) is 0 Å². The first-order valence-corrected chi connectivity index (χ1v) is 6.98. The fourth-order valence-electron chi connectivity index (χ4n) is 1.97. The van der Waals surface area contributed by atoms with Crippen LogP contribution < -0.4 is 0 Å². The molecule has 4 nitrogen and oxygen atoms in total. The van der Waals surface area contributed by atoms with Crippen molar-refractivity contribution in [2.75, 3.05) is 0 Å². The standard InChI is InChI=1S/C14H24O4/c1-11-12(2)18-14(16)10-8-6-4-3-5-7-9-13(15)17-11/h11-12H,3-10H2,1-2H3. The molecule has 1 aliphatic heterocycles. The van der Waals surface area contributed by atoms with Gasteiger partial charge in [-0.05, 0) is 26.7 Å². The predicted molar refractivity (Wildman–Crippen MR) is 68.0 cm³/mol. The van der Waals surface area contributed by atoms with E-state index in [-0.39, 0.29) is 24.1 Å². The second-order valence-corrected chi connectivity index (χ2v) is 5.01. The van der Waals surface area contributed by atoms with Gasteiger partial charge in [-0.15, -0.1) is 0 Å². The van der Waals surface area contributed by atoms with Gasteiger partial charge in [-0.1, -0.05) is 25.7 Å². The number of cyclic esters (lactones) is 2. The van der Waals surface area contributed by atoms with Gasteiger partial charge in [0.25, 0.3) is 0 Å². The first-order valence-electron chi connectivity index (χ1n) is 6.98. The number of carbonyl (C=O) groups excluding carboxylic acids is 2. The molecule has 0 radical (unpaired) electrons. The average molecular weight is 256 g/mol. The summed E-state index contributed by atoms with van der Waals surface area (Å²) in [7, 11) is 0. The van der Waals surface area contributed by atoms with Gasteiger partial charge in [-0.2, -0.15) is 0 Å². The van der Waals surface area contributed by atoms with Crippen molar-refractivity contribution < 1.29 is 19.1 Å². The minimum absolute atomic E-state index is 0.192. The van der Waals surface area contributed by atoms with Crippen LogP contribution in [0.2, 0.25) is 0 Å². The highest BCUT2D eigenvalue weighted by Crippen LogP contribution is 2.13. The van der Waals surface area contributed by atoms with E-state index in [1.54, 1.807) is 13.8 Å². The minimum Gasteiger partial charge on any atom is -0.459 e. The van der Waals surface area contributed by atoms with Gasteiger partial charge in [0, 0.05) is 12.8 Å². The van der Waals surface area contributed by atoms with E-state index in [1.165, 1.54) is 0 Å². The molecule has 0 saturated carbocycles. The summed E-state index contributed by atoms with van der Waals surface area (Å²) in [5.74, 6) is -0.384. The lowest BCUT2D eigenvalue weighted by molar-refractivity contribution is -0.165. The summed E-state index contributed by atoms with van der Waals surface area (Å²) in [6.07, 6.45) is 6.32. The van der Waals surface area contributed by atoms with E-state index in [2.05, 4.69) is 0 Å². The molecule has 0 N–H and O–H groups in total. The topological polar surface area (TPSA) is 52.6 Å². The van der Waals surface area contributed by atoms with Crippen LogP contribution in [0.15, 0.2) is 0 Å². The van der Waals surface area contributed by atoms with Gasteiger partial charge in [0.05, 0.1) is 0 Å². The second kappa shape index (κ2) is 8.11. The number of rotatable bonds is 0. The fraction of sp³-hybridized carbons (Fsp3) is 0.857. The Kier molecular flexibility index (Phi) is 6.76. The number of hydrogen-bond acceptors (Lipinski definition) is 4. The monoisotopic (exact) mass is 256 g/mol. The van der Waals surface area contributed by atoms with Crippen LogP contribution in [0.3, 0.4) is 0 Å². The number of hydrogen-bond donors (Lipinski definition) is 0. The molecule has 4 heteroatoms. The summed E-state index contributed by atoms with van der Waals surface area (Å²) in [5.41, 5.74) is 0. The zero-order chi connectivity index (χ0) is 13.4. The molecule has 18 heavy (non-hydrogen) atoms. The molecule has 104 valence electrons. The van der Waals surface area contributed by atoms with E-state index in [9.17, 15) is 9.59 Å². The third-order valence-corrected chi connectivity index (χ3v) is 3.31. The van der Waals surface area contributed by atoms with Gasteiger partial charge < -0.3 is 9.47 Å². The summed E-state index contributed by atoms with van der Waals surface area (Å²) < 4.78 is 10.5. The first kappa shape index (κ1) is 15.0. The zero-order valence-corrected chi connectivity index (χ0v) is 11.4. The van der Waals surface area contributed by atoms with Crippen molar-refractivity contribution in [2.45, 2.75) is 77.4 Å². The Morgan fingerprint density at radius 1 is 0.722 bits per heavy atom. The SMILES string of the molecule is CC1OC(=O)CCCCCCCCC(=O)OC1C. The highest BCUT2D eigenvalue weighted by molar-refractivity contribution is 5.70. The van der Waals surface area contributed by atoms with Crippen LogP contribution in [0, 0.1) is 0 Å². The van der Waals surface area contributed by atoms with Crippen molar-refractivity contribution in [1.82, 2.24) is 0 Å². The van der Waals surface area contributed by atoms with E-state index in [4.69, 9.17) is 9.47 Å². The minimum atomic E-state index is -0.371. The van der Waals surface area contributed by atoms with Crippen LogP contribution in [0.5, 0.6) is 0 Å². The summed E-state index contributed by atoms with van der Waals surface area (Å²) >= 11 is 0. The first-order chi connectivity index (χ1) is 8.59. The van der Waals surface area contributed by atoms with Crippen molar-refractivity contribution in [2.24, 2.45) is 0 Å². The van der Waals surface area contributed by atoms with E-state index < -0.39 is 0 Å². The van der Waals surface area contributed by atoms with Crippen molar-refractivity contribution in [3.63, 3.8) is 0 Å². The van der Waals surface area contributed by atoms with Gasteiger partial charge in [-0.25, -0.2) is 0 Å². The lowest BCUT2D eigenvalue weighted by Gasteiger charge is -2.21. The molecule has 2 atom stereocenters. The Hall–Kier alpha value is -1.06. The quantitative estimate of drug-likeness (QED) is 0.625. The van der Waals surface area contributed by atoms with Crippen LogP contribution in [-0.4, -0.2) is 24.1 Å². The molecule has 2 unspecified atom stereocenters. The van der Waals surface area contributed by atoms with Gasteiger partial charge >= 0.3 is 11.9 Å². The van der Waals surface area contributed by atoms with Crippen LogP contribution in [0.4, 0.5) is 0 Å². The van der Waals surface area contributed by atoms with Gasteiger partial charge in [0.1, 0.15) is 12.2 Å². The summed E-state index contributed by atoms with van der Waals surface area (Å²) in [4.78, 5) is 23.1. The van der Waals surface area contributed by atoms with E-state index in [0.29, 0.717) is 12.8 Å². The number of ether oxygens (including phenoxy) is 2. The number of carbonyl (C=O) groups is 2. The van der Waals surface area contributed by atoms with Crippen molar-refractivity contribution in [3.05, 3.63) is 0 Å². The van der Waals surface area contributed by atoms with Crippen LogP contribution in [-0.2, 0) is 19.1 Å². The zero-order valence-electron chi connectivity index (χ0n) is 11.4. The average Bonchev–Trinajstić information content (AvgIpc) is 2.31. The maximum atomic E-state index is 11.5. The van der Waals surface area contributed by atoms with Crippen LogP contribution in [0.25, 0.3) is 0 Å². The Labute approximate surface area is 109 Å². The summed E-state index contributed by atoms with van der Waals surface area (Å²) in [6.45, 7) is 3.53. The predicted octanol–water partition coefficient (Wildman–Crippen LogP) is 2.98. The summed E-state index contributed by atoms with van der Waals surface area (Å²) in [6, 6.07) is 0. The highest BCUT2D eigenvalue weighted by Gasteiger charge is 2.20. The van der Waals surface area contributed by atoms with Gasteiger partial charge in [-0.3, -0.25) is 9.59 Å². The van der Waals surface area contributed by atoms with Crippen LogP contribution >= 0.6 is 0 Å². The van der Waals surface area contributed by atoms with Crippen molar-refractivity contribution >= 4 is 11.9 Å². The van der Waals surface area contributed by atoms with E-state index in [0.717, 1.165) is 38.5 Å². The molecule has 0 amide bonds. The van der Waals surface area contributed by atoms with Gasteiger partial charge in [0.15, 0.2) is 0 Å². The number of esters is 2. The molecule has 1 heterocycles. The molecule has 0 bridgehead atoms. The molecule has 0 aromatic heterocycles. The molecule has 0 spiro atoms. The van der Waals surface area contributed by atoms with E-state index >= 15 is 0 Å². The second-order valence-electron chi connectivity index (χ2n) is 5.01. The van der Waals surface area contributed by atoms with Crippen molar-refractivity contribution in [3.8, 4) is 0 Å². The third kappa shape index (κ3) is 6.03. The molecule has 1 aliphatic rings. The largest absolute Gasteiger partial charge is 0.459 e. The Balaban J connectivity index is 2.47. The molecule has 1 fully saturated rings. The highest BCUT2D eigenvalue weighted by atomic mass is 16.6. The third-order valence-electron chi connectivity index (χ3n) is 3.31. The Morgan fingerprint density at radius 2 is 1.06 bits per heavy atom. The lowest BCUT2D eigenvalue weighted by atomic mass is 10.1. The molecular weight excluding hydrogens is 232 g/mol. The Bertz CT molecular complexity index is 247. The molecule has 0 aromatic rings. The van der Waals surface area contributed by atoms with Crippen molar-refractivity contribution in [1.29, 1.82) is 0 Å². The molecular formula is C14H24O4. The van der Waals surface area contributed by atoms with Crippen LogP contribution in [0.1, 0.15) is 65.2 Å². The maximum absolute atomic E-state index is 11.5. The Morgan fingerprint density at radius 3 is 1.44 bits per heavy atom. The normalized spacial score (nSPS) is 29.0. The smallest absolute Gasteiger partial charge is 0.306 e. The molecule has 0 aliphatic carbocycles.